The molecule has 3 aromatic carbocycles. The molecule has 226 valence electrons. The molecule has 0 fully saturated rings. The molecule has 0 saturated heterocycles. The summed E-state index contributed by atoms with van der Waals surface area (Å²) in [6.07, 6.45) is 0.585. The average Bonchev–Trinajstić information content (AvgIpc) is 3.38. The van der Waals surface area contributed by atoms with E-state index >= 15 is 0 Å². The van der Waals surface area contributed by atoms with Gasteiger partial charge in [-0.05, 0) is 79.3 Å². The van der Waals surface area contributed by atoms with Crippen molar-refractivity contribution in [2.24, 2.45) is 0 Å². The van der Waals surface area contributed by atoms with Crippen LogP contribution in [0.2, 0.25) is 0 Å². The van der Waals surface area contributed by atoms with Gasteiger partial charge >= 0.3 is 16.3 Å². The van der Waals surface area contributed by atoms with E-state index < -0.39 is 28.2 Å². The summed E-state index contributed by atoms with van der Waals surface area (Å²) in [5.74, 6) is -0.557. The van der Waals surface area contributed by atoms with E-state index in [-0.39, 0.29) is 18.7 Å². The Balaban J connectivity index is 1.46. The second-order valence-electron chi connectivity index (χ2n) is 11.1. The predicted octanol–water partition coefficient (Wildman–Crippen LogP) is 4.65. The molecule has 0 aliphatic carbocycles. The molecule has 43 heavy (non-hydrogen) atoms. The third-order valence-corrected chi connectivity index (χ3v) is 9.73. The number of hydrogen-bond donors (Lipinski definition) is 1. The van der Waals surface area contributed by atoms with Crippen molar-refractivity contribution < 1.29 is 32.0 Å². The van der Waals surface area contributed by atoms with E-state index in [4.69, 9.17) is 13.7 Å². The van der Waals surface area contributed by atoms with Crippen LogP contribution in [0, 0.1) is 13.8 Å². The van der Waals surface area contributed by atoms with E-state index in [2.05, 4.69) is 10.3 Å². The molecule has 0 saturated carbocycles. The molecule has 3 aliphatic heterocycles. The van der Waals surface area contributed by atoms with Crippen molar-refractivity contribution in [3.05, 3.63) is 81.9 Å². The van der Waals surface area contributed by atoms with Crippen molar-refractivity contribution in [2.75, 3.05) is 19.8 Å². The van der Waals surface area contributed by atoms with E-state index in [1.807, 2.05) is 55.8 Å². The summed E-state index contributed by atoms with van der Waals surface area (Å²) in [5.41, 5.74) is 6.40. The Morgan fingerprint density at radius 2 is 1.88 bits per heavy atom. The number of carboxylic acid groups (broad SMARTS) is 1. The number of benzene rings is 3. The quantitative estimate of drug-likeness (QED) is 0.346. The molecule has 9 bridgehead atoms. The summed E-state index contributed by atoms with van der Waals surface area (Å²) >= 11 is 0. The molecule has 7 rings (SSSR count). The highest BCUT2D eigenvalue weighted by Gasteiger charge is 2.37. The molecule has 4 heterocycles. The Kier molecular flexibility index (Phi) is 7.84. The van der Waals surface area contributed by atoms with Crippen molar-refractivity contribution in [2.45, 2.75) is 58.7 Å². The van der Waals surface area contributed by atoms with Gasteiger partial charge in [0.15, 0.2) is 0 Å². The number of aryl methyl sites for hydroxylation is 3. The molecule has 11 nitrogen and oxygen atoms in total. The maximum atomic E-state index is 13.3. The van der Waals surface area contributed by atoms with E-state index in [9.17, 15) is 18.3 Å². The maximum Gasteiger partial charge on any atom is 0.386 e. The zero-order valence-corrected chi connectivity index (χ0v) is 25.1. The second-order valence-corrected chi connectivity index (χ2v) is 12.6. The Morgan fingerprint density at radius 1 is 1.05 bits per heavy atom. The molecule has 1 aromatic heterocycles. The summed E-state index contributed by atoms with van der Waals surface area (Å²) in [7, 11) is -4.10. The fourth-order valence-corrected chi connectivity index (χ4v) is 7.30. The number of fused-ring (bicyclic) bond motifs is 7. The van der Waals surface area contributed by atoms with Crippen molar-refractivity contribution in [3.8, 4) is 11.5 Å². The number of nitrogens with zero attached hydrogens (tertiary/aromatic N) is 4. The van der Waals surface area contributed by atoms with Crippen LogP contribution < -0.4 is 8.92 Å². The van der Waals surface area contributed by atoms with Gasteiger partial charge in [-0.2, -0.15) is 12.7 Å². The molecule has 3 aliphatic rings. The van der Waals surface area contributed by atoms with Crippen molar-refractivity contribution in [1.82, 2.24) is 19.3 Å². The van der Waals surface area contributed by atoms with Crippen LogP contribution in [-0.2, 0) is 32.9 Å². The van der Waals surface area contributed by atoms with Crippen LogP contribution in [0.5, 0.6) is 11.5 Å². The lowest BCUT2D eigenvalue weighted by Crippen LogP contribution is -2.39. The second kappa shape index (κ2) is 11.6. The van der Waals surface area contributed by atoms with E-state index in [1.165, 1.54) is 4.31 Å². The molecule has 12 heteroatoms. The summed E-state index contributed by atoms with van der Waals surface area (Å²) in [4.78, 5) is 12.1. The van der Waals surface area contributed by atoms with Gasteiger partial charge in [-0.1, -0.05) is 29.5 Å². The minimum atomic E-state index is -4.10. The van der Waals surface area contributed by atoms with Gasteiger partial charge in [-0.3, -0.25) is 4.79 Å². The van der Waals surface area contributed by atoms with Gasteiger partial charge in [-0.15, -0.1) is 5.10 Å². The lowest BCUT2D eigenvalue weighted by atomic mass is 9.83. The van der Waals surface area contributed by atoms with E-state index in [1.54, 1.807) is 18.2 Å². The molecule has 1 N–H and O–H groups in total. The topological polar surface area (TPSA) is 133 Å². The number of carbonyl (C=O) groups is 1. The first-order valence-electron chi connectivity index (χ1n) is 14.3. The number of aromatic nitrogens is 3. The first-order chi connectivity index (χ1) is 20.6. The summed E-state index contributed by atoms with van der Waals surface area (Å²) in [6.45, 7) is 7.65. The molecular weight excluding hydrogens is 572 g/mol. The van der Waals surface area contributed by atoms with Crippen LogP contribution in [0.1, 0.15) is 65.1 Å². The van der Waals surface area contributed by atoms with Crippen molar-refractivity contribution in [3.63, 3.8) is 0 Å². The zero-order chi connectivity index (χ0) is 30.3. The third kappa shape index (κ3) is 5.69. The van der Waals surface area contributed by atoms with Gasteiger partial charge in [-0.25, -0.2) is 4.68 Å². The summed E-state index contributed by atoms with van der Waals surface area (Å²) < 4.78 is 47.0. The lowest BCUT2D eigenvalue weighted by Gasteiger charge is -2.33. The Bertz CT molecular complexity index is 1800. The van der Waals surface area contributed by atoms with Crippen molar-refractivity contribution in [1.29, 1.82) is 0 Å². The molecule has 1 unspecified atom stereocenters. The Labute approximate surface area is 250 Å². The molecule has 3 atom stereocenters. The van der Waals surface area contributed by atoms with Crippen LogP contribution in [0.4, 0.5) is 0 Å². The van der Waals surface area contributed by atoms with Gasteiger partial charge < -0.3 is 18.8 Å². The number of hydrogen-bond acceptors (Lipinski definition) is 8. The van der Waals surface area contributed by atoms with Gasteiger partial charge in [0.25, 0.3) is 0 Å². The number of ether oxygens (including phenoxy) is 2. The number of aliphatic carboxylic acids is 1. The largest absolute Gasteiger partial charge is 0.491 e. The average molecular weight is 607 g/mol. The van der Waals surface area contributed by atoms with Crippen LogP contribution >= 0.6 is 0 Å². The highest BCUT2D eigenvalue weighted by molar-refractivity contribution is 7.84. The third-order valence-electron chi connectivity index (χ3n) is 8.32. The lowest BCUT2D eigenvalue weighted by molar-refractivity contribution is -0.137. The maximum absolute atomic E-state index is 13.3. The monoisotopic (exact) mass is 606 g/mol. The van der Waals surface area contributed by atoms with Crippen LogP contribution in [0.15, 0.2) is 48.5 Å². The normalized spacial score (nSPS) is 22.0. The smallest absolute Gasteiger partial charge is 0.386 e. The fraction of sp³-hybridized carbons (Fsp3) is 0.387. The van der Waals surface area contributed by atoms with Gasteiger partial charge in [0.2, 0.25) is 0 Å². The highest BCUT2D eigenvalue weighted by Crippen LogP contribution is 2.40. The van der Waals surface area contributed by atoms with Gasteiger partial charge in [0.1, 0.15) is 23.6 Å². The predicted molar refractivity (Wildman–Crippen MR) is 158 cm³/mol. The fourth-order valence-electron chi connectivity index (χ4n) is 6.01. The van der Waals surface area contributed by atoms with Crippen LogP contribution in [0.25, 0.3) is 11.0 Å². The SMILES string of the molecule is Cc1ccc2cc1[C@@H](C)N1Cc3cc(ccc3OS1(=O)=O)OCCOCCCn1nnc3c(C)c(ccc31)[C@H]2CC(=O)O. The summed E-state index contributed by atoms with van der Waals surface area (Å²) in [6, 6.07) is 14.1. The van der Waals surface area contributed by atoms with Crippen molar-refractivity contribution >= 4 is 27.3 Å². The molecular formula is C31H34N4O7S. The summed E-state index contributed by atoms with van der Waals surface area (Å²) in [5, 5.41) is 18.7. The van der Waals surface area contributed by atoms with Crippen LogP contribution in [-0.4, -0.2) is 58.6 Å². The van der Waals surface area contributed by atoms with Gasteiger partial charge in [0, 0.05) is 31.2 Å². The minimum Gasteiger partial charge on any atom is -0.491 e. The van der Waals surface area contributed by atoms with Gasteiger partial charge in [0.05, 0.1) is 24.6 Å². The molecule has 0 radical (unpaired) electrons. The molecule has 4 aromatic rings. The van der Waals surface area contributed by atoms with Crippen LogP contribution in [0.3, 0.4) is 0 Å². The van der Waals surface area contributed by atoms with E-state index in [0.29, 0.717) is 37.7 Å². The minimum absolute atomic E-state index is 0.0974. The standard InChI is InChI=1S/C31H34N4O7S/c1-19-5-6-22-16-26(19)21(3)35-18-23-15-24(7-10-29(23)42-43(35,38)39)41-14-13-40-12-4-11-34-28-9-8-25(27(22)17-30(36)37)20(2)31(28)32-33-34/h5-10,15-16,21,27H,4,11-14,17-18H2,1-3H3,(H,36,37)/t21-,27+/m1/s1. The van der Waals surface area contributed by atoms with E-state index in [0.717, 1.165) is 45.3 Å². The highest BCUT2D eigenvalue weighted by atomic mass is 32.2. The first-order valence-corrected chi connectivity index (χ1v) is 15.7. The molecule has 0 amide bonds. The Hall–Kier alpha value is -4.00. The number of rotatable bonds is 2. The molecule has 0 spiro atoms. The Morgan fingerprint density at radius 3 is 2.70 bits per heavy atom. The zero-order valence-electron chi connectivity index (χ0n) is 24.3. The number of carboxylic acids is 1. The first kappa shape index (κ1) is 29.1.